The van der Waals surface area contributed by atoms with Crippen molar-refractivity contribution < 1.29 is 4.79 Å². The number of aromatic nitrogens is 2. The third kappa shape index (κ3) is 3.71. The molecule has 2 aliphatic rings. The zero-order valence-electron chi connectivity index (χ0n) is 16.9. The first kappa shape index (κ1) is 18.4. The predicted octanol–water partition coefficient (Wildman–Crippen LogP) is 4.70. The Labute approximate surface area is 162 Å². The van der Waals surface area contributed by atoms with Crippen molar-refractivity contribution in [3.8, 4) is 0 Å². The fourth-order valence-electron chi connectivity index (χ4n) is 5.38. The molecule has 2 aromatic rings. The number of hydrogen-bond acceptors (Lipinski definition) is 3. The lowest BCUT2D eigenvalue weighted by atomic mass is 9.86. The Hall–Kier alpha value is -1.97. The Bertz CT molecular complexity index is 822. The molecular weight excluding hydrogens is 334 g/mol. The van der Waals surface area contributed by atoms with Crippen LogP contribution in [0.2, 0.25) is 0 Å². The minimum absolute atomic E-state index is 0.110. The number of rotatable bonds is 3. The van der Waals surface area contributed by atoms with Gasteiger partial charge in [0, 0.05) is 29.2 Å². The largest absolute Gasteiger partial charge is 0.351 e. The van der Waals surface area contributed by atoms with Crippen LogP contribution >= 0.6 is 0 Å². The highest BCUT2D eigenvalue weighted by Crippen LogP contribution is 2.54. The van der Waals surface area contributed by atoms with E-state index in [2.05, 4.69) is 55.1 Å². The lowest BCUT2D eigenvalue weighted by Crippen LogP contribution is -2.44. The maximum Gasteiger partial charge on any atom is 0.223 e. The number of nitrogens with zero attached hydrogens (tertiary/aromatic N) is 2. The number of pyridine rings is 2. The molecule has 0 radical (unpaired) electrons. The van der Waals surface area contributed by atoms with Crippen molar-refractivity contribution >= 4 is 16.9 Å². The van der Waals surface area contributed by atoms with Crippen molar-refractivity contribution in [3.05, 3.63) is 36.2 Å². The Balaban J connectivity index is 1.43. The quantitative estimate of drug-likeness (QED) is 0.858. The van der Waals surface area contributed by atoms with Crippen LogP contribution in [-0.2, 0) is 4.79 Å². The van der Waals surface area contributed by atoms with E-state index in [1.165, 1.54) is 36.6 Å². The van der Waals surface area contributed by atoms with Crippen molar-refractivity contribution in [2.45, 2.75) is 64.8 Å². The summed E-state index contributed by atoms with van der Waals surface area (Å²) in [6.07, 6.45) is 8.59. The second kappa shape index (κ2) is 6.88. The van der Waals surface area contributed by atoms with Crippen LogP contribution in [0.25, 0.3) is 11.0 Å². The van der Waals surface area contributed by atoms with Gasteiger partial charge >= 0.3 is 0 Å². The predicted molar refractivity (Wildman–Crippen MR) is 108 cm³/mol. The normalized spacial score (nSPS) is 28.9. The number of carbonyl (C=O) groups is 1. The van der Waals surface area contributed by atoms with E-state index in [1.54, 1.807) is 0 Å². The highest BCUT2D eigenvalue weighted by Gasteiger charge is 2.45. The van der Waals surface area contributed by atoms with Crippen molar-refractivity contribution in [2.24, 2.45) is 23.7 Å². The zero-order chi connectivity index (χ0) is 19.2. The molecule has 27 heavy (non-hydrogen) atoms. The Morgan fingerprint density at radius 1 is 1.07 bits per heavy atom. The van der Waals surface area contributed by atoms with E-state index in [0.29, 0.717) is 11.8 Å². The van der Waals surface area contributed by atoms with E-state index in [9.17, 15) is 4.79 Å². The fraction of sp³-hybridized carbons (Fsp3) is 0.609. The molecule has 0 saturated heterocycles. The minimum atomic E-state index is -0.151. The van der Waals surface area contributed by atoms with E-state index < -0.39 is 0 Å². The maximum absolute atomic E-state index is 12.6. The molecule has 5 atom stereocenters. The maximum atomic E-state index is 12.6. The van der Waals surface area contributed by atoms with Gasteiger partial charge in [-0.05, 0) is 93.9 Å². The molecule has 1 amide bonds. The van der Waals surface area contributed by atoms with Gasteiger partial charge in [0.05, 0.1) is 0 Å². The molecule has 2 aliphatic carbocycles. The molecule has 2 saturated carbocycles. The van der Waals surface area contributed by atoms with Crippen LogP contribution in [0.3, 0.4) is 0 Å². The summed E-state index contributed by atoms with van der Waals surface area (Å²) in [5.41, 5.74) is 2.12. The van der Waals surface area contributed by atoms with E-state index in [0.717, 1.165) is 17.5 Å². The molecule has 0 aliphatic heterocycles. The van der Waals surface area contributed by atoms with E-state index >= 15 is 0 Å². The molecular formula is C23H31N3O. The molecule has 0 bridgehead atoms. The third-order valence-corrected chi connectivity index (χ3v) is 6.66. The highest BCUT2D eigenvalue weighted by molar-refractivity contribution is 5.79. The fourth-order valence-corrected chi connectivity index (χ4v) is 5.38. The molecule has 4 nitrogen and oxygen atoms in total. The van der Waals surface area contributed by atoms with E-state index in [1.807, 2.05) is 18.5 Å². The summed E-state index contributed by atoms with van der Waals surface area (Å²) >= 11 is 0. The standard InChI is InChI=1S/C23H31N3O/c1-14(22(27)26-23(2,3)4)15-10-16-12-18(13-17(16)11-15)19-7-9-25-21-20(19)6-5-8-24-21/h5-9,14-18H,10-13H2,1-4H3,(H,26,27)/t14?,15-,16-,17+,18+. The second-order valence-electron chi connectivity index (χ2n) is 9.72. The van der Waals surface area contributed by atoms with Gasteiger partial charge in [-0.25, -0.2) is 9.97 Å². The van der Waals surface area contributed by atoms with Gasteiger partial charge in [0.1, 0.15) is 0 Å². The van der Waals surface area contributed by atoms with Gasteiger partial charge in [-0.15, -0.1) is 0 Å². The smallest absolute Gasteiger partial charge is 0.223 e. The number of hydrogen-bond donors (Lipinski definition) is 1. The first-order valence-electron chi connectivity index (χ1n) is 10.3. The van der Waals surface area contributed by atoms with Crippen LogP contribution in [0.1, 0.15) is 64.9 Å². The Morgan fingerprint density at radius 3 is 2.41 bits per heavy atom. The van der Waals surface area contributed by atoms with Crippen LogP contribution in [0, 0.1) is 23.7 Å². The van der Waals surface area contributed by atoms with Gasteiger partial charge in [-0.1, -0.05) is 6.92 Å². The lowest BCUT2D eigenvalue weighted by Gasteiger charge is -2.26. The highest BCUT2D eigenvalue weighted by atomic mass is 16.2. The Kier molecular flexibility index (Phi) is 4.69. The molecule has 1 unspecified atom stereocenters. The molecule has 2 heterocycles. The van der Waals surface area contributed by atoms with E-state index in [-0.39, 0.29) is 17.4 Å². The monoisotopic (exact) mass is 365 g/mol. The zero-order valence-corrected chi connectivity index (χ0v) is 16.9. The average Bonchev–Trinajstić information content (AvgIpc) is 3.18. The minimum Gasteiger partial charge on any atom is -0.351 e. The van der Waals surface area contributed by atoms with Crippen molar-refractivity contribution in [3.63, 3.8) is 0 Å². The van der Waals surface area contributed by atoms with Crippen LogP contribution in [0.4, 0.5) is 0 Å². The molecule has 4 heteroatoms. The number of fused-ring (bicyclic) bond motifs is 2. The van der Waals surface area contributed by atoms with Gasteiger partial charge in [0.25, 0.3) is 0 Å². The van der Waals surface area contributed by atoms with Crippen molar-refractivity contribution in [2.75, 3.05) is 0 Å². The second-order valence-corrected chi connectivity index (χ2v) is 9.72. The van der Waals surface area contributed by atoms with Gasteiger partial charge in [-0.2, -0.15) is 0 Å². The molecule has 0 spiro atoms. The van der Waals surface area contributed by atoms with Gasteiger partial charge in [0.15, 0.2) is 5.65 Å². The molecule has 4 rings (SSSR count). The molecule has 2 aromatic heterocycles. The summed E-state index contributed by atoms with van der Waals surface area (Å²) in [4.78, 5) is 21.4. The Morgan fingerprint density at radius 2 is 1.74 bits per heavy atom. The summed E-state index contributed by atoms with van der Waals surface area (Å²) in [6.45, 7) is 8.28. The number of amides is 1. The van der Waals surface area contributed by atoms with Crippen LogP contribution in [0.15, 0.2) is 30.6 Å². The van der Waals surface area contributed by atoms with Gasteiger partial charge in [0.2, 0.25) is 5.91 Å². The summed E-state index contributed by atoms with van der Waals surface area (Å²) in [7, 11) is 0. The van der Waals surface area contributed by atoms with Crippen LogP contribution < -0.4 is 5.32 Å². The number of carbonyl (C=O) groups excluding carboxylic acids is 1. The third-order valence-electron chi connectivity index (χ3n) is 6.66. The topological polar surface area (TPSA) is 54.9 Å². The van der Waals surface area contributed by atoms with Gasteiger partial charge in [-0.3, -0.25) is 4.79 Å². The van der Waals surface area contributed by atoms with Crippen molar-refractivity contribution in [1.82, 2.24) is 15.3 Å². The van der Waals surface area contributed by atoms with Crippen molar-refractivity contribution in [1.29, 1.82) is 0 Å². The van der Waals surface area contributed by atoms with E-state index in [4.69, 9.17) is 0 Å². The van der Waals surface area contributed by atoms with Crippen LogP contribution in [-0.4, -0.2) is 21.4 Å². The lowest BCUT2D eigenvalue weighted by molar-refractivity contribution is -0.127. The molecule has 144 valence electrons. The summed E-state index contributed by atoms with van der Waals surface area (Å²) in [5.74, 6) is 2.97. The first-order chi connectivity index (χ1) is 12.8. The molecule has 1 N–H and O–H groups in total. The average molecular weight is 366 g/mol. The molecule has 2 fully saturated rings. The van der Waals surface area contributed by atoms with Crippen LogP contribution in [0.5, 0.6) is 0 Å². The summed E-state index contributed by atoms with van der Waals surface area (Å²) in [5, 5.41) is 4.37. The van der Waals surface area contributed by atoms with Gasteiger partial charge < -0.3 is 5.32 Å². The summed E-state index contributed by atoms with van der Waals surface area (Å²) in [6, 6.07) is 6.35. The summed E-state index contributed by atoms with van der Waals surface area (Å²) < 4.78 is 0. The molecule has 0 aromatic carbocycles. The number of nitrogens with one attached hydrogen (secondary N) is 1. The SMILES string of the molecule is CC(C(=O)NC(C)(C)C)[C@H]1C[C@H]2C[C@@H](c3ccnc4ncccc34)C[C@H]2C1. The first-order valence-corrected chi connectivity index (χ1v) is 10.3.